The second-order valence-corrected chi connectivity index (χ2v) is 7.98. The molecular formula is C19H36O4. The van der Waals surface area contributed by atoms with Gasteiger partial charge in [0.1, 0.15) is 0 Å². The molecule has 2 aliphatic rings. The zero-order valence-corrected chi connectivity index (χ0v) is 15.0. The zero-order chi connectivity index (χ0) is 16.7. The molecule has 2 rings (SSSR count). The molecule has 23 heavy (non-hydrogen) atoms. The van der Waals surface area contributed by atoms with Crippen LogP contribution < -0.4 is 0 Å². The van der Waals surface area contributed by atoms with E-state index in [4.69, 9.17) is 19.7 Å². The standard InChI is InChI=1S/C19H36O4/c1-19(2,15-5-3-7-17(13-15)22-11-9-20)16-6-4-8-18(14-16)23-12-10-21/h15-18,20-21H,3-14H2,1-2H3. The molecule has 0 bridgehead atoms. The smallest absolute Gasteiger partial charge is 0.0701 e. The van der Waals surface area contributed by atoms with Crippen molar-refractivity contribution in [3.05, 3.63) is 0 Å². The van der Waals surface area contributed by atoms with Crippen LogP contribution in [0.1, 0.15) is 65.2 Å². The molecule has 0 saturated heterocycles. The summed E-state index contributed by atoms with van der Waals surface area (Å²) >= 11 is 0. The molecule has 2 aliphatic carbocycles. The molecule has 0 aromatic heterocycles. The Kier molecular flexibility index (Phi) is 7.80. The Labute approximate surface area is 141 Å². The van der Waals surface area contributed by atoms with Crippen molar-refractivity contribution in [3.8, 4) is 0 Å². The molecule has 4 heteroatoms. The molecule has 0 heterocycles. The Morgan fingerprint density at radius 2 is 1.22 bits per heavy atom. The van der Waals surface area contributed by atoms with E-state index >= 15 is 0 Å². The highest BCUT2D eigenvalue weighted by atomic mass is 16.5. The maximum Gasteiger partial charge on any atom is 0.0701 e. The lowest BCUT2D eigenvalue weighted by Gasteiger charge is -2.47. The molecule has 4 atom stereocenters. The summed E-state index contributed by atoms with van der Waals surface area (Å²) in [5.41, 5.74) is 0.308. The van der Waals surface area contributed by atoms with E-state index in [9.17, 15) is 0 Å². The third kappa shape index (κ3) is 5.42. The predicted molar refractivity (Wildman–Crippen MR) is 91.3 cm³/mol. The molecule has 4 nitrogen and oxygen atoms in total. The topological polar surface area (TPSA) is 58.9 Å². The van der Waals surface area contributed by atoms with Crippen molar-refractivity contribution in [2.45, 2.75) is 77.4 Å². The fraction of sp³-hybridized carbons (Fsp3) is 1.00. The highest BCUT2D eigenvalue weighted by molar-refractivity contribution is 4.91. The van der Waals surface area contributed by atoms with Gasteiger partial charge in [0.05, 0.1) is 38.6 Å². The van der Waals surface area contributed by atoms with Crippen molar-refractivity contribution in [3.63, 3.8) is 0 Å². The molecule has 2 fully saturated rings. The van der Waals surface area contributed by atoms with Crippen LogP contribution in [0.2, 0.25) is 0 Å². The van der Waals surface area contributed by atoms with Gasteiger partial charge in [-0.15, -0.1) is 0 Å². The first-order chi connectivity index (χ1) is 11.1. The summed E-state index contributed by atoms with van der Waals surface area (Å²) in [6.07, 6.45) is 10.3. The fourth-order valence-electron chi connectivity index (χ4n) is 4.72. The minimum atomic E-state index is 0.122. The first-order valence-electron chi connectivity index (χ1n) is 9.52. The number of ether oxygens (including phenoxy) is 2. The lowest BCUT2D eigenvalue weighted by atomic mass is 9.60. The van der Waals surface area contributed by atoms with Gasteiger partial charge in [0.15, 0.2) is 0 Å². The van der Waals surface area contributed by atoms with Gasteiger partial charge < -0.3 is 19.7 Å². The lowest BCUT2D eigenvalue weighted by molar-refractivity contribution is -0.0598. The van der Waals surface area contributed by atoms with Crippen LogP contribution in [0.3, 0.4) is 0 Å². The Bertz CT molecular complexity index is 301. The van der Waals surface area contributed by atoms with E-state index in [1.165, 1.54) is 25.7 Å². The predicted octanol–water partition coefficient (Wildman–Crippen LogP) is 3.15. The van der Waals surface area contributed by atoms with Crippen LogP contribution in [0, 0.1) is 17.3 Å². The van der Waals surface area contributed by atoms with E-state index in [1.807, 2.05) is 0 Å². The SMILES string of the molecule is CC(C)(C1CCCC(OCCO)C1)C1CCCC(OCCO)C1. The van der Waals surface area contributed by atoms with Gasteiger partial charge >= 0.3 is 0 Å². The largest absolute Gasteiger partial charge is 0.394 e. The van der Waals surface area contributed by atoms with Crippen LogP contribution in [-0.2, 0) is 9.47 Å². The van der Waals surface area contributed by atoms with Crippen molar-refractivity contribution >= 4 is 0 Å². The Hall–Kier alpha value is -0.160. The van der Waals surface area contributed by atoms with Gasteiger partial charge in [-0.25, -0.2) is 0 Å². The summed E-state index contributed by atoms with van der Waals surface area (Å²) in [5, 5.41) is 17.9. The summed E-state index contributed by atoms with van der Waals surface area (Å²) < 4.78 is 11.6. The van der Waals surface area contributed by atoms with Crippen molar-refractivity contribution in [2.24, 2.45) is 17.3 Å². The second-order valence-electron chi connectivity index (χ2n) is 7.98. The molecule has 2 N–H and O–H groups in total. The van der Waals surface area contributed by atoms with Gasteiger partial charge in [-0.05, 0) is 55.8 Å². The highest BCUT2D eigenvalue weighted by Crippen LogP contribution is 2.49. The van der Waals surface area contributed by atoms with E-state index in [-0.39, 0.29) is 13.2 Å². The summed E-state index contributed by atoms with van der Waals surface area (Å²) in [7, 11) is 0. The molecule has 2 saturated carbocycles. The van der Waals surface area contributed by atoms with E-state index < -0.39 is 0 Å². The normalized spacial score (nSPS) is 32.9. The summed E-state index contributed by atoms with van der Waals surface area (Å²) in [5.74, 6) is 1.39. The monoisotopic (exact) mass is 328 g/mol. The Morgan fingerprint density at radius 3 is 1.61 bits per heavy atom. The molecule has 0 aromatic carbocycles. The number of hydrogen-bond acceptors (Lipinski definition) is 4. The van der Waals surface area contributed by atoms with Crippen LogP contribution in [0.5, 0.6) is 0 Å². The van der Waals surface area contributed by atoms with Gasteiger partial charge in [-0.3, -0.25) is 0 Å². The van der Waals surface area contributed by atoms with Gasteiger partial charge in [0.2, 0.25) is 0 Å². The first-order valence-corrected chi connectivity index (χ1v) is 9.52. The van der Waals surface area contributed by atoms with E-state index in [0.29, 0.717) is 42.7 Å². The second kappa shape index (κ2) is 9.36. The van der Waals surface area contributed by atoms with E-state index in [2.05, 4.69) is 13.8 Å². The Morgan fingerprint density at radius 1 is 0.783 bits per heavy atom. The Balaban J connectivity index is 1.90. The maximum atomic E-state index is 8.97. The summed E-state index contributed by atoms with van der Waals surface area (Å²) in [6, 6.07) is 0. The van der Waals surface area contributed by atoms with E-state index in [0.717, 1.165) is 25.7 Å². The van der Waals surface area contributed by atoms with Crippen LogP contribution in [0.4, 0.5) is 0 Å². The molecular weight excluding hydrogens is 292 g/mol. The van der Waals surface area contributed by atoms with Crippen molar-refractivity contribution in [2.75, 3.05) is 26.4 Å². The minimum absolute atomic E-state index is 0.122. The van der Waals surface area contributed by atoms with Crippen LogP contribution in [-0.4, -0.2) is 48.8 Å². The number of aliphatic hydroxyl groups is 2. The van der Waals surface area contributed by atoms with Crippen molar-refractivity contribution in [1.29, 1.82) is 0 Å². The quantitative estimate of drug-likeness (QED) is 0.718. The molecule has 4 unspecified atom stereocenters. The van der Waals surface area contributed by atoms with Crippen LogP contribution >= 0.6 is 0 Å². The van der Waals surface area contributed by atoms with Gasteiger partial charge in [0, 0.05) is 0 Å². The molecule has 0 spiro atoms. The average molecular weight is 328 g/mol. The molecule has 0 aromatic rings. The van der Waals surface area contributed by atoms with Gasteiger partial charge in [-0.2, -0.15) is 0 Å². The average Bonchev–Trinajstić information content (AvgIpc) is 2.58. The number of aliphatic hydroxyl groups excluding tert-OH is 2. The third-order valence-corrected chi connectivity index (χ3v) is 6.25. The van der Waals surface area contributed by atoms with Crippen LogP contribution in [0.25, 0.3) is 0 Å². The molecule has 0 amide bonds. The zero-order valence-electron chi connectivity index (χ0n) is 15.0. The highest BCUT2D eigenvalue weighted by Gasteiger charge is 2.41. The van der Waals surface area contributed by atoms with Crippen molar-refractivity contribution < 1.29 is 19.7 Å². The van der Waals surface area contributed by atoms with E-state index in [1.54, 1.807) is 0 Å². The van der Waals surface area contributed by atoms with Gasteiger partial charge in [-0.1, -0.05) is 26.7 Å². The lowest BCUT2D eigenvalue weighted by Crippen LogP contribution is -2.41. The number of rotatable bonds is 8. The maximum absolute atomic E-state index is 8.97. The minimum Gasteiger partial charge on any atom is -0.394 e. The van der Waals surface area contributed by atoms with Crippen LogP contribution in [0.15, 0.2) is 0 Å². The van der Waals surface area contributed by atoms with Crippen molar-refractivity contribution in [1.82, 2.24) is 0 Å². The summed E-state index contributed by atoms with van der Waals surface area (Å²) in [4.78, 5) is 0. The summed E-state index contributed by atoms with van der Waals surface area (Å²) in [6.45, 7) is 6.06. The molecule has 136 valence electrons. The first kappa shape index (κ1) is 19.2. The molecule has 0 radical (unpaired) electrons. The fourth-order valence-corrected chi connectivity index (χ4v) is 4.72. The number of hydrogen-bond donors (Lipinski definition) is 2. The molecule has 0 aliphatic heterocycles. The third-order valence-electron chi connectivity index (χ3n) is 6.25. The van der Waals surface area contributed by atoms with Gasteiger partial charge in [0.25, 0.3) is 0 Å².